The van der Waals surface area contributed by atoms with Gasteiger partial charge in [-0.2, -0.15) is 0 Å². The van der Waals surface area contributed by atoms with Crippen LogP contribution in [0.3, 0.4) is 0 Å². The Labute approximate surface area is 160 Å². The van der Waals surface area contributed by atoms with Gasteiger partial charge in [-0.1, -0.05) is 0 Å². The van der Waals surface area contributed by atoms with Crippen LogP contribution in [0.2, 0.25) is 0 Å². The third-order valence-electron chi connectivity index (χ3n) is 4.62. The van der Waals surface area contributed by atoms with Crippen molar-refractivity contribution in [1.82, 2.24) is 0 Å². The van der Waals surface area contributed by atoms with Crippen molar-refractivity contribution in [3.63, 3.8) is 0 Å². The molecule has 1 N–H and O–H groups in total. The van der Waals surface area contributed by atoms with Gasteiger partial charge in [-0.15, -0.1) is 0 Å². The van der Waals surface area contributed by atoms with Gasteiger partial charge < -0.3 is 19.3 Å². The Morgan fingerprint density at radius 3 is 2.32 bits per heavy atom. The van der Waals surface area contributed by atoms with E-state index >= 15 is 4.39 Å². The highest BCUT2D eigenvalue weighted by molar-refractivity contribution is 6.09. The number of carboxylic acids is 1. The van der Waals surface area contributed by atoms with E-state index in [0.29, 0.717) is 22.4 Å². The van der Waals surface area contributed by atoms with Crippen LogP contribution in [0, 0.1) is 5.82 Å². The molecule has 3 rings (SSSR count). The maximum Gasteiger partial charge on any atom is 0.310 e. The molecule has 3 aromatic carbocycles. The van der Waals surface area contributed by atoms with Gasteiger partial charge in [0.05, 0.1) is 25.5 Å². The van der Waals surface area contributed by atoms with Crippen LogP contribution < -0.4 is 14.2 Å². The highest BCUT2D eigenvalue weighted by Gasteiger charge is 2.23. The van der Waals surface area contributed by atoms with E-state index in [2.05, 4.69) is 0 Å². The average Bonchev–Trinajstić information content (AvgIpc) is 2.67. The molecule has 1 atom stereocenters. The zero-order valence-corrected chi connectivity index (χ0v) is 15.8. The fourth-order valence-electron chi connectivity index (χ4n) is 3.19. The molecule has 7 heteroatoms. The van der Waals surface area contributed by atoms with Crippen molar-refractivity contribution in [2.45, 2.75) is 19.8 Å². The minimum atomic E-state index is -1.08. The molecule has 0 saturated heterocycles. The van der Waals surface area contributed by atoms with Gasteiger partial charge in [-0.25, -0.2) is 4.39 Å². The molecule has 3 aromatic rings. The Bertz CT molecular complexity index is 1110. The normalized spacial score (nSPS) is 12.0. The second-order valence-electron chi connectivity index (χ2n) is 6.35. The largest absolute Gasteiger partial charge is 0.497 e. The molecular weight excluding hydrogens is 367 g/mol. The van der Waals surface area contributed by atoms with Crippen molar-refractivity contribution in [1.29, 1.82) is 0 Å². The predicted molar refractivity (Wildman–Crippen MR) is 102 cm³/mol. The summed E-state index contributed by atoms with van der Waals surface area (Å²) in [6, 6.07) is 7.68. The lowest BCUT2D eigenvalue weighted by atomic mass is 9.94. The van der Waals surface area contributed by atoms with E-state index in [9.17, 15) is 14.7 Å². The monoisotopic (exact) mass is 386 g/mol. The number of ether oxygens (including phenoxy) is 3. The summed E-state index contributed by atoms with van der Waals surface area (Å²) >= 11 is 0. The number of esters is 1. The number of halogens is 1. The molecule has 0 radical (unpaired) electrons. The van der Waals surface area contributed by atoms with E-state index in [1.54, 1.807) is 18.2 Å². The molecule has 0 fully saturated rings. The van der Waals surface area contributed by atoms with Crippen molar-refractivity contribution in [3.05, 3.63) is 41.7 Å². The molecule has 0 aliphatic carbocycles. The molecule has 28 heavy (non-hydrogen) atoms. The van der Waals surface area contributed by atoms with Crippen LogP contribution in [-0.4, -0.2) is 31.3 Å². The van der Waals surface area contributed by atoms with Crippen LogP contribution in [0.1, 0.15) is 25.3 Å². The summed E-state index contributed by atoms with van der Waals surface area (Å²) in [5.41, 5.74) is 0.310. The Morgan fingerprint density at radius 2 is 1.75 bits per heavy atom. The standard InChI is InChI=1S/C21H19FO6/c1-10(21(24)25)12-7-16-18(17(8-12)28-11(2)23)20(27-4)15-9-13(26-3)5-6-14(15)19(16)22/h5-10H,1-4H3,(H,24,25). The second-order valence-corrected chi connectivity index (χ2v) is 6.35. The first-order valence-corrected chi connectivity index (χ1v) is 8.50. The van der Waals surface area contributed by atoms with Gasteiger partial charge in [0.15, 0.2) is 0 Å². The Morgan fingerprint density at radius 1 is 1.04 bits per heavy atom. The number of carbonyl (C=O) groups is 2. The number of rotatable bonds is 5. The first kappa shape index (κ1) is 19.4. The average molecular weight is 386 g/mol. The van der Waals surface area contributed by atoms with Gasteiger partial charge in [0.25, 0.3) is 0 Å². The number of hydrogen-bond acceptors (Lipinski definition) is 5. The fraction of sp³-hybridized carbons (Fsp3) is 0.238. The summed E-state index contributed by atoms with van der Waals surface area (Å²) < 4.78 is 31.4. The Balaban J connectivity index is 2.50. The molecule has 0 saturated carbocycles. The van der Waals surface area contributed by atoms with E-state index in [1.165, 1.54) is 40.2 Å². The van der Waals surface area contributed by atoms with Crippen LogP contribution in [-0.2, 0) is 9.59 Å². The molecule has 0 aliphatic rings. The third kappa shape index (κ3) is 3.19. The zero-order valence-electron chi connectivity index (χ0n) is 15.8. The van der Waals surface area contributed by atoms with Gasteiger partial charge in [0.1, 0.15) is 23.1 Å². The van der Waals surface area contributed by atoms with Crippen molar-refractivity contribution in [3.8, 4) is 17.2 Å². The van der Waals surface area contributed by atoms with Crippen molar-refractivity contribution in [2.75, 3.05) is 14.2 Å². The maximum atomic E-state index is 15.4. The van der Waals surface area contributed by atoms with Crippen LogP contribution in [0.15, 0.2) is 30.3 Å². The highest BCUT2D eigenvalue weighted by Crippen LogP contribution is 2.44. The van der Waals surface area contributed by atoms with Crippen molar-refractivity contribution in [2.24, 2.45) is 0 Å². The number of carboxylic acid groups (broad SMARTS) is 1. The van der Waals surface area contributed by atoms with Crippen LogP contribution >= 0.6 is 0 Å². The number of benzene rings is 3. The summed E-state index contributed by atoms with van der Waals surface area (Å²) in [6.45, 7) is 2.69. The molecule has 0 amide bonds. The summed E-state index contributed by atoms with van der Waals surface area (Å²) in [5, 5.41) is 10.4. The predicted octanol–water partition coefficient (Wildman–Crippen LogP) is 4.26. The second kappa shape index (κ2) is 7.34. The molecule has 0 bridgehead atoms. The summed E-state index contributed by atoms with van der Waals surface area (Å²) in [5.74, 6) is -2.34. The van der Waals surface area contributed by atoms with Crippen molar-refractivity contribution < 1.29 is 33.3 Å². The molecule has 1 unspecified atom stereocenters. The molecule has 0 spiro atoms. The summed E-state index contributed by atoms with van der Waals surface area (Å²) in [6.07, 6.45) is 0. The topological polar surface area (TPSA) is 82.1 Å². The summed E-state index contributed by atoms with van der Waals surface area (Å²) in [4.78, 5) is 23.0. The van der Waals surface area contributed by atoms with E-state index in [-0.39, 0.29) is 21.9 Å². The Kier molecular flexibility index (Phi) is 5.09. The van der Waals surface area contributed by atoms with E-state index < -0.39 is 23.7 Å². The van der Waals surface area contributed by atoms with Gasteiger partial charge in [0, 0.05) is 23.1 Å². The molecule has 0 aliphatic heterocycles. The number of methoxy groups -OCH3 is 2. The van der Waals surface area contributed by atoms with Gasteiger partial charge in [0.2, 0.25) is 0 Å². The molecule has 146 valence electrons. The third-order valence-corrected chi connectivity index (χ3v) is 4.62. The first-order valence-electron chi connectivity index (χ1n) is 8.50. The van der Waals surface area contributed by atoms with Gasteiger partial charge >= 0.3 is 11.9 Å². The minimum Gasteiger partial charge on any atom is -0.497 e. The Hall–Kier alpha value is -3.35. The van der Waals surface area contributed by atoms with Crippen LogP contribution in [0.5, 0.6) is 17.2 Å². The minimum absolute atomic E-state index is 0.0357. The molecule has 6 nitrogen and oxygen atoms in total. The smallest absolute Gasteiger partial charge is 0.310 e. The van der Waals surface area contributed by atoms with Crippen LogP contribution in [0.4, 0.5) is 4.39 Å². The lowest BCUT2D eigenvalue weighted by Gasteiger charge is -2.18. The number of carbonyl (C=O) groups excluding carboxylic acids is 1. The lowest BCUT2D eigenvalue weighted by molar-refractivity contribution is -0.138. The lowest BCUT2D eigenvalue weighted by Crippen LogP contribution is -2.09. The zero-order chi connectivity index (χ0) is 20.6. The van der Waals surface area contributed by atoms with Gasteiger partial charge in [-0.05, 0) is 42.8 Å². The fourth-order valence-corrected chi connectivity index (χ4v) is 3.19. The SMILES string of the molecule is COc1ccc2c(F)c3cc(C(C)C(=O)O)cc(OC(C)=O)c3c(OC)c2c1. The van der Waals surface area contributed by atoms with Crippen molar-refractivity contribution >= 4 is 33.5 Å². The molecular formula is C21H19FO6. The molecule has 0 aromatic heterocycles. The van der Waals surface area contributed by atoms with E-state index in [4.69, 9.17) is 14.2 Å². The summed E-state index contributed by atoms with van der Waals surface area (Å²) in [7, 11) is 2.92. The number of fused-ring (bicyclic) bond motifs is 2. The maximum absolute atomic E-state index is 15.4. The number of hydrogen-bond donors (Lipinski definition) is 1. The van der Waals surface area contributed by atoms with Gasteiger partial charge in [-0.3, -0.25) is 9.59 Å². The first-order chi connectivity index (χ1) is 13.3. The van der Waals surface area contributed by atoms with Crippen LogP contribution in [0.25, 0.3) is 21.5 Å². The number of aliphatic carboxylic acids is 1. The van der Waals surface area contributed by atoms with E-state index in [0.717, 1.165) is 0 Å². The highest BCUT2D eigenvalue weighted by atomic mass is 19.1. The molecule has 0 heterocycles. The van der Waals surface area contributed by atoms with E-state index in [1.807, 2.05) is 0 Å². The quantitative estimate of drug-likeness (QED) is 0.401.